The first-order valence-corrected chi connectivity index (χ1v) is 7.25. The van der Waals surface area contributed by atoms with Crippen molar-refractivity contribution in [2.75, 3.05) is 19.0 Å². The van der Waals surface area contributed by atoms with Crippen molar-refractivity contribution >= 4 is 23.6 Å². The van der Waals surface area contributed by atoms with Crippen LogP contribution in [-0.2, 0) is 4.79 Å². The van der Waals surface area contributed by atoms with Crippen LogP contribution in [0.25, 0.3) is 0 Å². The van der Waals surface area contributed by atoms with Crippen LogP contribution in [0.4, 0.5) is 11.4 Å². The third-order valence-electron chi connectivity index (χ3n) is 3.41. The normalized spacial score (nSPS) is 10.0. The highest BCUT2D eigenvalue weighted by Crippen LogP contribution is 2.24. The second-order valence-corrected chi connectivity index (χ2v) is 5.11. The third-order valence-corrected chi connectivity index (χ3v) is 3.41. The van der Waals surface area contributed by atoms with E-state index in [1.807, 2.05) is 0 Å². The van der Waals surface area contributed by atoms with Crippen LogP contribution in [-0.4, -0.2) is 30.8 Å². The van der Waals surface area contributed by atoms with Gasteiger partial charge in [0, 0.05) is 12.1 Å². The minimum atomic E-state index is -0.542. The monoisotopic (exact) mass is 344 g/mol. The van der Waals surface area contributed by atoms with Gasteiger partial charge in [-0.1, -0.05) is 6.07 Å². The van der Waals surface area contributed by atoms with Crippen molar-refractivity contribution in [1.29, 1.82) is 0 Å². The van der Waals surface area contributed by atoms with Crippen molar-refractivity contribution in [3.8, 4) is 11.5 Å². The Labute approximate surface area is 143 Å². The largest absolute Gasteiger partial charge is 0.497 e. The fourth-order valence-corrected chi connectivity index (χ4v) is 2.06. The van der Waals surface area contributed by atoms with Gasteiger partial charge in [0.15, 0.2) is 12.9 Å². The standard InChI is InChI=1S/C17H16N2O6/c1-11-3-4-13(19(22)23)8-15(11)18-17(21)10-25-16-6-5-14(24-2)7-12(16)9-20/h3-9H,10H2,1-2H3,(H,18,21). The van der Waals surface area contributed by atoms with Gasteiger partial charge in [-0.15, -0.1) is 0 Å². The van der Waals surface area contributed by atoms with Gasteiger partial charge in [-0.05, 0) is 30.7 Å². The molecule has 0 unspecified atom stereocenters. The van der Waals surface area contributed by atoms with E-state index in [0.717, 1.165) is 0 Å². The summed E-state index contributed by atoms with van der Waals surface area (Å²) in [5.74, 6) is 0.226. The number of non-ortho nitro benzene ring substituents is 1. The molecule has 0 atom stereocenters. The molecule has 25 heavy (non-hydrogen) atoms. The van der Waals surface area contributed by atoms with Crippen LogP contribution in [0.2, 0.25) is 0 Å². The molecule has 2 aromatic carbocycles. The number of nitro benzene ring substituents is 1. The van der Waals surface area contributed by atoms with E-state index in [-0.39, 0.29) is 23.6 Å². The Kier molecular flexibility index (Phi) is 5.67. The molecule has 0 saturated carbocycles. The number of nitro groups is 1. The second-order valence-electron chi connectivity index (χ2n) is 5.11. The average molecular weight is 344 g/mol. The number of aldehydes is 1. The predicted octanol–water partition coefficient (Wildman–Crippen LogP) is 2.74. The van der Waals surface area contributed by atoms with E-state index in [0.29, 0.717) is 23.3 Å². The molecular formula is C17H16N2O6. The zero-order valence-electron chi connectivity index (χ0n) is 13.6. The van der Waals surface area contributed by atoms with Gasteiger partial charge in [0.1, 0.15) is 11.5 Å². The predicted molar refractivity (Wildman–Crippen MR) is 90.3 cm³/mol. The second kappa shape index (κ2) is 7.91. The summed E-state index contributed by atoms with van der Waals surface area (Å²) in [6, 6.07) is 8.79. The first kappa shape index (κ1) is 17.9. The Hall–Kier alpha value is -3.42. The molecule has 0 aliphatic heterocycles. The van der Waals surface area contributed by atoms with Crippen LogP contribution >= 0.6 is 0 Å². The SMILES string of the molecule is COc1ccc(OCC(=O)Nc2cc([N+](=O)[O-])ccc2C)c(C=O)c1. The summed E-state index contributed by atoms with van der Waals surface area (Å²) in [7, 11) is 1.47. The quantitative estimate of drug-likeness (QED) is 0.470. The lowest BCUT2D eigenvalue weighted by Gasteiger charge is -2.11. The van der Waals surface area contributed by atoms with Crippen molar-refractivity contribution in [1.82, 2.24) is 0 Å². The number of carbonyl (C=O) groups excluding carboxylic acids is 2. The van der Waals surface area contributed by atoms with E-state index >= 15 is 0 Å². The molecule has 0 spiro atoms. The summed E-state index contributed by atoms with van der Waals surface area (Å²) < 4.78 is 10.4. The average Bonchev–Trinajstić information content (AvgIpc) is 2.61. The Balaban J connectivity index is 2.05. The lowest BCUT2D eigenvalue weighted by Crippen LogP contribution is -2.21. The first-order valence-electron chi connectivity index (χ1n) is 7.25. The van der Waals surface area contributed by atoms with Gasteiger partial charge in [-0.3, -0.25) is 19.7 Å². The molecule has 0 aliphatic carbocycles. The summed E-state index contributed by atoms with van der Waals surface area (Å²) in [6.07, 6.45) is 0.598. The van der Waals surface area contributed by atoms with Crippen LogP contribution in [0, 0.1) is 17.0 Å². The number of hydrogen-bond acceptors (Lipinski definition) is 6. The van der Waals surface area contributed by atoms with Crippen molar-refractivity contribution in [2.45, 2.75) is 6.92 Å². The Bertz CT molecular complexity index is 819. The third kappa shape index (κ3) is 4.54. The van der Waals surface area contributed by atoms with Crippen LogP contribution in [0.1, 0.15) is 15.9 Å². The minimum Gasteiger partial charge on any atom is -0.497 e. The van der Waals surface area contributed by atoms with E-state index in [1.54, 1.807) is 19.1 Å². The number of amides is 1. The van der Waals surface area contributed by atoms with E-state index in [9.17, 15) is 19.7 Å². The highest BCUT2D eigenvalue weighted by Gasteiger charge is 2.12. The Morgan fingerprint density at radius 3 is 2.68 bits per heavy atom. The molecule has 2 rings (SSSR count). The number of nitrogens with zero attached hydrogens (tertiary/aromatic N) is 1. The molecule has 8 nitrogen and oxygen atoms in total. The Morgan fingerprint density at radius 1 is 1.28 bits per heavy atom. The number of hydrogen-bond donors (Lipinski definition) is 1. The number of rotatable bonds is 7. The first-order chi connectivity index (χ1) is 11.9. The van der Waals surface area contributed by atoms with Crippen molar-refractivity contribution in [3.05, 3.63) is 57.6 Å². The van der Waals surface area contributed by atoms with Gasteiger partial charge in [-0.2, -0.15) is 0 Å². The number of methoxy groups -OCH3 is 1. The summed E-state index contributed by atoms with van der Waals surface area (Å²) in [4.78, 5) is 33.4. The number of nitrogens with one attached hydrogen (secondary N) is 1. The fourth-order valence-electron chi connectivity index (χ4n) is 2.06. The molecule has 0 heterocycles. The zero-order valence-corrected chi connectivity index (χ0v) is 13.6. The van der Waals surface area contributed by atoms with Gasteiger partial charge in [0.05, 0.1) is 23.3 Å². The van der Waals surface area contributed by atoms with Crippen LogP contribution in [0.15, 0.2) is 36.4 Å². The molecule has 0 saturated heterocycles. The lowest BCUT2D eigenvalue weighted by molar-refractivity contribution is -0.384. The summed E-state index contributed by atoms with van der Waals surface area (Å²) in [5.41, 5.74) is 1.13. The van der Waals surface area contributed by atoms with Gasteiger partial charge in [0.25, 0.3) is 11.6 Å². The van der Waals surface area contributed by atoms with Crippen molar-refractivity contribution in [2.24, 2.45) is 0 Å². The smallest absolute Gasteiger partial charge is 0.271 e. The maximum atomic E-state index is 12.0. The van der Waals surface area contributed by atoms with Crippen molar-refractivity contribution in [3.63, 3.8) is 0 Å². The molecule has 8 heteroatoms. The topological polar surface area (TPSA) is 108 Å². The van der Waals surface area contributed by atoms with E-state index in [4.69, 9.17) is 9.47 Å². The molecule has 130 valence electrons. The van der Waals surface area contributed by atoms with Crippen molar-refractivity contribution < 1.29 is 24.0 Å². The molecule has 0 aliphatic rings. The van der Waals surface area contributed by atoms with E-state index in [2.05, 4.69) is 5.32 Å². The number of carbonyl (C=O) groups is 2. The lowest BCUT2D eigenvalue weighted by atomic mass is 10.2. The van der Waals surface area contributed by atoms with E-state index < -0.39 is 10.8 Å². The molecule has 1 N–H and O–H groups in total. The van der Waals surface area contributed by atoms with Crippen LogP contribution < -0.4 is 14.8 Å². The molecule has 0 radical (unpaired) electrons. The highest BCUT2D eigenvalue weighted by atomic mass is 16.6. The molecule has 0 bridgehead atoms. The van der Waals surface area contributed by atoms with Crippen LogP contribution in [0.5, 0.6) is 11.5 Å². The maximum Gasteiger partial charge on any atom is 0.271 e. The zero-order chi connectivity index (χ0) is 18.4. The van der Waals surface area contributed by atoms with Gasteiger partial charge in [0.2, 0.25) is 0 Å². The number of anilines is 1. The molecule has 2 aromatic rings. The highest BCUT2D eigenvalue weighted by molar-refractivity contribution is 5.93. The summed E-state index contributed by atoms with van der Waals surface area (Å²) in [5, 5.41) is 13.4. The number of ether oxygens (including phenoxy) is 2. The Morgan fingerprint density at radius 2 is 2.04 bits per heavy atom. The van der Waals surface area contributed by atoms with Gasteiger partial charge >= 0.3 is 0 Å². The molecule has 1 amide bonds. The summed E-state index contributed by atoms with van der Waals surface area (Å²) in [6.45, 7) is 1.36. The van der Waals surface area contributed by atoms with Gasteiger partial charge < -0.3 is 14.8 Å². The maximum absolute atomic E-state index is 12.0. The number of benzene rings is 2. The molecular weight excluding hydrogens is 328 g/mol. The number of aryl methyl sites for hydroxylation is 1. The minimum absolute atomic E-state index is 0.125. The van der Waals surface area contributed by atoms with E-state index in [1.165, 1.54) is 31.4 Å². The fraction of sp³-hybridized carbons (Fsp3) is 0.176. The summed E-state index contributed by atoms with van der Waals surface area (Å²) >= 11 is 0. The van der Waals surface area contributed by atoms with Gasteiger partial charge in [-0.25, -0.2) is 0 Å². The van der Waals surface area contributed by atoms with Crippen LogP contribution in [0.3, 0.4) is 0 Å². The molecule has 0 aromatic heterocycles. The molecule has 0 fully saturated rings.